The Kier molecular flexibility index (Phi) is 2.96. The van der Waals surface area contributed by atoms with E-state index in [0.717, 1.165) is 17.0 Å². The normalized spacial score (nSPS) is 10.8. The highest BCUT2D eigenvalue weighted by molar-refractivity contribution is 7.71. The van der Waals surface area contributed by atoms with Crippen molar-refractivity contribution >= 4 is 12.2 Å². The van der Waals surface area contributed by atoms with Gasteiger partial charge in [-0.2, -0.15) is 10.2 Å². The Labute approximate surface area is 114 Å². The lowest BCUT2D eigenvalue weighted by Crippen LogP contribution is -2.02. The van der Waals surface area contributed by atoms with Gasteiger partial charge in [-0.15, -0.1) is 0 Å². The van der Waals surface area contributed by atoms with Crippen LogP contribution in [0.25, 0.3) is 11.4 Å². The van der Waals surface area contributed by atoms with E-state index in [2.05, 4.69) is 20.3 Å². The topological polar surface area (TPSA) is 64.3 Å². The molecule has 3 aromatic rings. The Morgan fingerprint density at radius 1 is 1.32 bits per heavy atom. The molecule has 0 spiro atoms. The summed E-state index contributed by atoms with van der Waals surface area (Å²) in [6.45, 7) is 0.640. The predicted octanol–water partition coefficient (Wildman–Crippen LogP) is 1.78. The molecule has 0 radical (unpaired) electrons. The van der Waals surface area contributed by atoms with Crippen LogP contribution in [0, 0.1) is 4.77 Å². The average Bonchev–Trinajstić information content (AvgIpc) is 2.99. The first-order chi connectivity index (χ1) is 9.24. The molecule has 3 heterocycles. The van der Waals surface area contributed by atoms with E-state index in [1.807, 2.05) is 36.1 Å². The van der Waals surface area contributed by atoms with Gasteiger partial charge in [0, 0.05) is 36.8 Å². The van der Waals surface area contributed by atoms with Gasteiger partial charge in [0.25, 0.3) is 0 Å². The number of nitrogens with zero attached hydrogens (tertiary/aromatic N) is 5. The lowest BCUT2D eigenvalue weighted by molar-refractivity contribution is 0.761. The van der Waals surface area contributed by atoms with Crippen LogP contribution in [0.5, 0.6) is 0 Å². The highest BCUT2D eigenvalue weighted by atomic mass is 32.1. The van der Waals surface area contributed by atoms with Crippen LogP contribution in [-0.2, 0) is 13.6 Å². The van der Waals surface area contributed by atoms with Gasteiger partial charge in [-0.25, -0.2) is 0 Å². The van der Waals surface area contributed by atoms with E-state index in [0.29, 0.717) is 11.3 Å². The second-order valence-corrected chi connectivity index (χ2v) is 4.58. The first-order valence-electron chi connectivity index (χ1n) is 5.77. The number of H-pyrrole nitrogens is 1. The monoisotopic (exact) mass is 272 g/mol. The number of aromatic amines is 1. The van der Waals surface area contributed by atoms with E-state index in [-0.39, 0.29) is 0 Å². The molecule has 6 nitrogen and oxygen atoms in total. The van der Waals surface area contributed by atoms with Crippen LogP contribution in [0.4, 0.5) is 0 Å². The molecule has 0 atom stereocenters. The smallest absolute Gasteiger partial charge is 0.195 e. The Balaban J connectivity index is 2.02. The molecule has 0 aliphatic rings. The summed E-state index contributed by atoms with van der Waals surface area (Å²) in [6, 6.07) is 3.81. The number of aryl methyl sites for hydroxylation is 1. The molecule has 0 aliphatic carbocycles. The average molecular weight is 272 g/mol. The molecule has 0 saturated carbocycles. The van der Waals surface area contributed by atoms with Crippen molar-refractivity contribution in [1.82, 2.24) is 29.5 Å². The van der Waals surface area contributed by atoms with Crippen molar-refractivity contribution in [2.45, 2.75) is 6.54 Å². The summed E-state index contributed by atoms with van der Waals surface area (Å²) in [7, 11) is 1.89. The zero-order chi connectivity index (χ0) is 13.2. The van der Waals surface area contributed by atoms with Crippen molar-refractivity contribution in [3.63, 3.8) is 0 Å². The maximum atomic E-state index is 5.28. The van der Waals surface area contributed by atoms with Crippen molar-refractivity contribution in [3.05, 3.63) is 47.3 Å². The summed E-state index contributed by atoms with van der Waals surface area (Å²) in [5.74, 6) is 0.802. The van der Waals surface area contributed by atoms with Crippen molar-refractivity contribution in [3.8, 4) is 11.4 Å². The van der Waals surface area contributed by atoms with Gasteiger partial charge in [-0.3, -0.25) is 19.3 Å². The number of nitrogens with one attached hydrogen (secondary N) is 1. The third-order valence-corrected chi connectivity index (χ3v) is 3.11. The van der Waals surface area contributed by atoms with Gasteiger partial charge in [0.15, 0.2) is 10.6 Å². The van der Waals surface area contributed by atoms with Crippen LogP contribution in [-0.4, -0.2) is 29.5 Å². The molecular formula is C12H12N6S. The van der Waals surface area contributed by atoms with Gasteiger partial charge in [0.2, 0.25) is 0 Å². The largest absolute Gasteiger partial charge is 0.296 e. The highest BCUT2D eigenvalue weighted by Gasteiger charge is 2.09. The van der Waals surface area contributed by atoms with E-state index in [1.165, 1.54) is 0 Å². The summed E-state index contributed by atoms with van der Waals surface area (Å²) in [4.78, 5) is 4.01. The van der Waals surface area contributed by atoms with Crippen LogP contribution in [0.2, 0.25) is 0 Å². The maximum absolute atomic E-state index is 5.28. The summed E-state index contributed by atoms with van der Waals surface area (Å²) >= 11 is 5.28. The van der Waals surface area contributed by atoms with Crippen LogP contribution in [0.3, 0.4) is 0 Å². The zero-order valence-corrected chi connectivity index (χ0v) is 11.1. The number of pyridine rings is 1. The molecule has 0 aliphatic heterocycles. The molecule has 0 unspecified atom stereocenters. The van der Waals surface area contributed by atoms with Gasteiger partial charge < -0.3 is 0 Å². The van der Waals surface area contributed by atoms with Gasteiger partial charge in [-0.1, -0.05) is 0 Å². The molecule has 0 bridgehead atoms. The Hall–Kier alpha value is -2.28. The fraction of sp³-hybridized carbons (Fsp3) is 0.167. The third kappa shape index (κ3) is 2.32. The minimum absolute atomic E-state index is 0.593. The fourth-order valence-corrected chi connectivity index (χ4v) is 2.12. The molecule has 3 aromatic heterocycles. The van der Waals surface area contributed by atoms with Crippen molar-refractivity contribution < 1.29 is 0 Å². The van der Waals surface area contributed by atoms with Crippen LogP contribution >= 0.6 is 12.2 Å². The van der Waals surface area contributed by atoms with Gasteiger partial charge in [-0.05, 0) is 24.4 Å². The number of aromatic nitrogens is 6. The third-order valence-electron chi connectivity index (χ3n) is 2.80. The van der Waals surface area contributed by atoms with Crippen LogP contribution in [0.15, 0.2) is 36.9 Å². The van der Waals surface area contributed by atoms with Crippen molar-refractivity contribution in [1.29, 1.82) is 0 Å². The summed E-state index contributed by atoms with van der Waals surface area (Å²) < 4.78 is 4.31. The van der Waals surface area contributed by atoms with E-state index in [4.69, 9.17) is 12.2 Å². The quantitative estimate of drug-likeness (QED) is 0.738. The standard InChI is InChI=1S/C12H12N6S/c1-17-7-9(6-14-17)8-18-11(15-16-12(18)19)10-2-4-13-5-3-10/h2-7H,8H2,1H3,(H,16,19). The van der Waals surface area contributed by atoms with Gasteiger partial charge in [0.05, 0.1) is 12.7 Å². The highest BCUT2D eigenvalue weighted by Crippen LogP contribution is 2.17. The van der Waals surface area contributed by atoms with Crippen LogP contribution in [0.1, 0.15) is 5.56 Å². The molecular weight excluding hydrogens is 260 g/mol. The van der Waals surface area contributed by atoms with Crippen molar-refractivity contribution in [2.24, 2.45) is 7.05 Å². The zero-order valence-electron chi connectivity index (χ0n) is 10.3. The summed E-state index contributed by atoms with van der Waals surface area (Å²) in [5, 5.41) is 11.3. The molecule has 0 saturated heterocycles. The number of hydrogen-bond acceptors (Lipinski definition) is 4. The lowest BCUT2D eigenvalue weighted by atomic mass is 10.2. The molecule has 1 N–H and O–H groups in total. The van der Waals surface area contributed by atoms with Gasteiger partial charge in [0.1, 0.15) is 0 Å². The number of hydrogen-bond donors (Lipinski definition) is 1. The number of rotatable bonds is 3. The first-order valence-corrected chi connectivity index (χ1v) is 6.18. The molecule has 96 valence electrons. The molecule has 0 fully saturated rings. The second-order valence-electron chi connectivity index (χ2n) is 4.20. The summed E-state index contributed by atoms with van der Waals surface area (Å²) in [5.41, 5.74) is 2.06. The van der Waals surface area contributed by atoms with E-state index < -0.39 is 0 Å². The first kappa shape index (κ1) is 11.8. The minimum atomic E-state index is 0.593. The van der Waals surface area contributed by atoms with Gasteiger partial charge >= 0.3 is 0 Å². The molecule has 3 rings (SSSR count). The van der Waals surface area contributed by atoms with Crippen LogP contribution < -0.4 is 0 Å². The fourth-order valence-electron chi connectivity index (χ4n) is 1.92. The van der Waals surface area contributed by atoms with Crippen molar-refractivity contribution in [2.75, 3.05) is 0 Å². The molecule has 0 amide bonds. The second kappa shape index (κ2) is 4.77. The Morgan fingerprint density at radius 3 is 2.79 bits per heavy atom. The Morgan fingerprint density at radius 2 is 2.11 bits per heavy atom. The van der Waals surface area contributed by atoms with E-state index in [1.54, 1.807) is 17.1 Å². The molecule has 0 aromatic carbocycles. The minimum Gasteiger partial charge on any atom is -0.296 e. The SMILES string of the molecule is Cn1cc(Cn2c(-c3ccncc3)n[nH]c2=S)cn1. The Bertz CT molecular complexity index is 739. The van der Waals surface area contributed by atoms with E-state index in [9.17, 15) is 0 Å². The summed E-state index contributed by atoms with van der Waals surface area (Å²) in [6.07, 6.45) is 7.26. The van der Waals surface area contributed by atoms with E-state index >= 15 is 0 Å². The molecule has 7 heteroatoms. The molecule has 19 heavy (non-hydrogen) atoms. The lowest BCUT2D eigenvalue weighted by Gasteiger charge is -2.04. The maximum Gasteiger partial charge on any atom is 0.195 e. The predicted molar refractivity (Wildman–Crippen MR) is 73.0 cm³/mol.